The van der Waals surface area contributed by atoms with Crippen LogP contribution >= 0.6 is 0 Å². The van der Waals surface area contributed by atoms with Gasteiger partial charge in [-0.1, -0.05) is 0 Å². The van der Waals surface area contributed by atoms with Gasteiger partial charge in [-0.3, -0.25) is 19.9 Å². The first-order chi connectivity index (χ1) is 9.10. The number of hydrogen-bond donors (Lipinski definition) is 1. The van der Waals surface area contributed by atoms with E-state index in [1.165, 1.54) is 17.0 Å². The molecule has 0 aliphatic rings. The molecule has 0 spiro atoms. The van der Waals surface area contributed by atoms with Crippen LogP contribution in [0.15, 0.2) is 35.6 Å². The molecule has 0 unspecified atom stereocenters. The normalized spacial score (nSPS) is 10.2. The van der Waals surface area contributed by atoms with E-state index < -0.39 is 16.0 Å². The molecule has 2 rings (SSSR count). The van der Waals surface area contributed by atoms with Crippen LogP contribution in [0.25, 0.3) is 0 Å². The highest BCUT2D eigenvalue weighted by Crippen LogP contribution is 2.06. The average Bonchev–Trinajstić information content (AvgIpc) is 2.41. The first-order valence-electron chi connectivity index (χ1n) is 5.43. The Hall–Kier alpha value is -2.77. The molecule has 19 heavy (non-hydrogen) atoms. The topological polar surface area (TPSA) is 103 Å². The third-order valence-corrected chi connectivity index (χ3v) is 2.46. The van der Waals surface area contributed by atoms with E-state index in [-0.39, 0.29) is 0 Å². The zero-order valence-electron chi connectivity index (χ0n) is 10.1. The summed E-state index contributed by atoms with van der Waals surface area (Å²) in [5.74, 6) is 0.634. The SMILES string of the molecule is CNc1cnc(Cn2ccc(=O)c([N+](=O)[O-])c2)cn1. The lowest BCUT2D eigenvalue weighted by Crippen LogP contribution is -2.12. The van der Waals surface area contributed by atoms with Gasteiger partial charge < -0.3 is 9.88 Å². The maximum Gasteiger partial charge on any atom is 0.332 e. The van der Waals surface area contributed by atoms with Crippen LogP contribution in [0.1, 0.15) is 5.69 Å². The molecule has 0 saturated heterocycles. The minimum absolute atomic E-state index is 0.304. The first-order valence-corrected chi connectivity index (χ1v) is 5.43. The molecule has 0 atom stereocenters. The van der Waals surface area contributed by atoms with Crippen molar-refractivity contribution in [1.82, 2.24) is 14.5 Å². The van der Waals surface area contributed by atoms with Crippen molar-refractivity contribution in [3.63, 3.8) is 0 Å². The fourth-order valence-corrected chi connectivity index (χ4v) is 1.50. The number of anilines is 1. The molecule has 0 saturated carbocycles. The van der Waals surface area contributed by atoms with Crippen LogP contribution in [0.3, 0.4) is 0 Å². The maximum absolute atomic E-state index is 11.3. The van der Waals surface area contributed by atoms with Gasteiger partial charge in [0.25, 0.3) is 5.43 Å². The summed E-state index contributed by atoms with van der Waals surface area (Å²) in [6.45, 7) is 0.304. The van der Waals surface area contributed by atoms with Gasteiger partial charge in [0.05, 0.1) is 35.8 Å². The molecule has 0 radical (unpaired) electrons. The van der Waals surface area contributed by atoms with Gasteiger partial charge in [0.15, 0.2) is 0 Å². The molecular formula is C11H11N5O3. The number of pyridine rings is 1. The molecule has 2 aromatic rings. The largest absolute Gasteiger partial charge is 0.372 e. The zero-order chi connectivity index (χ0) is 13.8. The molecule has 0 aliphatic carbocycles. The van der Waals surface area contributed by atoms with E-state index >= 15 is 0 Å². The van der Waals surface area contributed by atoms with E-state index in [1.54, 1.807) is 19.4 Å². The molecule has 8 nitrogen and oxygen atoms in total. The number of rotatable bonds is 4. The predicted octanol–water partition coefficient (Wildman–Crippen LogP) is 0.636. The Bertz CT molecular complexity index is 650. The van der Waals surface area contributed by atoms with Gasteiger partial charge in [0, 0.05) is 19.3 Å². The summed E-state index contributed by atoms with van der Waals surface area (Å²) in [5, 5.41) is 13.5. The van der Waals surface area contributed by atoms with Crippen molar-refractivity contribution in [1.29, 1.82) is 0 Å². The molecule has 0 aliphatic heterocycles. The zero-order valence-corrected chi connectivity index (χ0v) is 10.1. The molecule has 0 aromatic carbocycles. The number of hydrogen-bond acceptors (Lipinski definition) is 6. The monoisotopic (exact) mass is 261 g/mol. The van der Waals surface area contributed by atoms with Crippen molar-refractivity contribution in [3.8, 4) is 0 Å². The van der Waals surface area contributed by atoms with Crippen LogP contribution in [0, 0.1) is 10.1 Å². The van der Waals surface area contributed by atoms with Crippen molar-refractivity contribution in [2.45, 2.75) is 6.54 Å². The van der Waals surface area contributed by atoms with Crippen molar-refractivity contribution >= 4 is 11.5 Å². The lowest BCUT2D eigenvalue weighted by atomic mass is 10.3. The second-order valence-corrected chi connectivity index (χ2v) is 3.77. The molecule has 2 heterocycles. The molecule has 0 bridgehead atoms. The summed E-state index contributed by atoms with van der Waals surface area (Å²) in [7, 11) is 1.73. The molecule has 1 N–H and O–H groups in total. The van der Waals surface area contributed by atoms with Crippen LogP contribution in [0.2, 0.25) is 0 Å². The molecule has 2 aromatic heterocycles. The standard InChI is InChI=1S/C11H11N5O3/c1-12-11-5-13-8(4-14-11)6-15-3-2-10(17)9(7-15)16(18)19/h2-5,7H,6H2,1H3,(H,12,14). The number of aromatic nitrogens is 3. The van der Waals surface area contributed by atoms with Gasteiger partial charge >= 0.3 is 5.69 Å². The highest BCUT2D eigenvalue weighted by Gasteiger charge is 2.11. The molecule has 98 valence electrons. The number of nitrogens with one attached hydrogen (secondary N) is 1. The first kappa shape index (κ1) is 12.7. The quantitative estimate of drug-likeness (QED) is 0.639. The van der Waals surface area contributed by atoms with Gasteiger partial charge in [-0.05, 0) is 0 Å². The number of nitro groups is 1. The van der Waals surface area contributed by atoms with E-state index in [0.29, 0.717) is 18.1 Å². The lowest BCUT2D eigenvalue weighted by molar-refractivity contribution is -0.386. The lowest BCUT2D eigenvalue weighted by Gasteiger charge is -2.05. The van der Waals surface area contributed by atoms with Gasteiger partial charge in [0.1, 0.15) is 5.82 Å². The van der Waals surface area contributed by atoms with Crippen LogP contribution in [-0.2, 0) is 6.54 Å². The molecule has 8 heteroatoms. The minimum Gasteiger partial charge on any atom is -0.372 e. The Labute approximate surface area is 107 Å². The summed E-state index contributed by atoms with van der Waals surface area (Å²) in [6, 6.07) is 1.16. The van der Waals surface area contributed by atoms with Gasteiger partial charge in [0.2, 0.25) is 0 Å². The second kappa shape index (κ2) is 5.25. The fourth-order valence-electron chi connectivity index (χ4n) is 1.50. The second-order valence-electron chi connectivity index (χ2n) is 3.77. The molecule has 0 amide bonds. The summed E-state index contributed by atoms with van der Waals surface area (Å²) >= 11 is 0. The van der Waals surface area contributed by atoms with E-state index in [1.807, 2.05) is 0 Å². The third kappa shape index (κ3) is 2.92. The fraction of sp³-hybridized carbons (Fsp3) is 0.182. The van der Waals surface area contributed by atoms with Crippen LogP contribution in [-0.4, -0.2) is 26.5 Å². The van der Waals surface area contributed by atoms with E-state index in [0.717, 1.165) is 6.07 Å². The third-order valence-electron chi connectivity index (χ3n) is 2.46. The van der Waals surface area contributed by atoms with Crippen molar-refractivity contribution in [2.24, 2.45) is 0 Å². The van der Waals surface area contributed by atoms with E-state index in [9.17, 15) is 14.9 Å². The van der Waals surface area contributed by atoms with Crippen LogP contribution in [0.5, 0.6) is 0 Å². The van der Waals surface area contributed by atoms with Gasteiger partial charge in [-0.25, -0.2) is 4.98 Å². The smallest absolute Gasteiger partial charge is 0.332 e. The Balaban J connectivity index is 2.25. The van der Waals surface area contributed by atoms with Crippen molar-refractivity contribution in [3.05, 3.63) is 56.9 Å². The number of nitrogens with zero attached hydrogens (tertiary/aromatic N) is 4. The Morgan fingerprint density at radius 2 is 2.21 bits per heavy atom. The Kier molecular flexibility index (Phi) is 3.51. The minimum atomic E-state index is -0.700. The average molecular weight is 261 g/mol. The van der Waals surface area contributed by atoms with E-state index in [4.69, 9.17) is 0 Å². The van der Waals surface area contributed by atoms with Gasteiger partial charge in [-0.2, -0.15) is 0 Å². The van der Waals surface area contributed by atoms with Crippen LogP contribution in [0.4, 0.5) is 11.5 Å². The predicted molar refractivity (Wildman–Crippen MR) is 68.0 cm³/mol. The van der Waals surface area contributed by atoms with E-state index in [2.05, 4.69) is 15.3 Å². The van der Waals surface area contributed by atoms with Crippen LogP contribution < -0.4 is 10.7 Å². The highest BCUT2D eigenvalue weighted by atomic mass is 16.6. The Morgan fingerprint density at radius 1 is 1.42 bits per heavy atom. The van der Waals surface area contributed by atoms with Crippen molar-refractivity contribution < 1.29 is 4.92 Å². The summed E-state index contributed by atoms with van der Waals surface area (Å²) < 4.78 is 1.52. The Morgan fingerprint density at radius 3 is 2.79 bits per heavy atom. The summed E-state index contributed by atoms with van der Waals surface area (Å²) in [5.41, 5.74) is -0.433. The van der Waals surface area contributed by atoms with Crippen molar-refractivity contribution in [2.75, 3.05) is 12.4 Å². The maximum atomic E-state index is 11.3. The molecule has 0 fully saturated rings. The van der Waals surface area contributed by atoms with Gasteiger partial charge in [-0.15, -0.1) is 0 Å². The highest BCUT2D eigenvalue weighted by molar-refractivity contribution is 5.30. The summed E-state index contributed by atoms with van der Waals surface area (Å²) in [6.07, 6.45) is 5.79. The summed E-state index contributed by atoms with van der Waals surface area (Å²) in [4.78, 5) is 29.5. The molecular weight excluding hydrogens is 250 g/mol.